The van der Waals surface area contributed by atoms with Gasteiger partial charge in [-0.3, -0.25) is 4.79 Å². The maximum atomic E-state index is 10.8. The maximum absolute atomic E-state index is 10.8. The molecule has 0 radical (unpaired) electrons. The molecule has 0 saturated carbocycles. The van der Waals surface area contributed by atoms with Gasteiger partial charge >= 0.3 is 5.97 Å². The molecule has 3 nitrogen and oxygen atoms in total. The van der Waals surface area contributed by atoms with E-state index in [-0.39, 0.29) is 12.3 Å². The van der Waals surface area contributed by atoms with Crippen molar-refractivity contribution in [1.29, 1.82) is 0 Å². The largest absolute Gasteiger partial charge is 0.481 e. The van der Waals surface area contributed by atoms with Crippen LogP contribution in [0.4, 0.5) is 5.69 Å². The summed E-state index contributed by atoms with van der Waals surface area (Å²) < 4.78 is 0. The van der Waals surface area contributed by atoms with Crippen LogP contribution in [0.5, 0.6) is 0 Å². The van der Waals surface area contributed by atoms with Crippen LogP contribution in [0.25, 0.3) is 0 Å². The van der Waals surface area contributed by atoms with E-state index in [2.05, 4.69) is 30.9 Å². The summed E-state index contributed by atoms with van der Waals surface area (Å²) in [5, 5.41) is 8.92. The molecule has 0 bridgehead atoms. The molecule has 1 atom stereocenters. The number of rotatable bonds is 4. The SMILES string of the molecule is CC(CC(=O)O)c1cccc2c1CCN2C(C)C. The molecule has 0 aromatic heterocycles. The number of nitrogens with zero attached hydrogens (tertiary/aromatic N) is 1. The van der Waals surface area contributed by atoms with E-state index < -0.39 is 5.97 Å². The minimum Gasteiger partial charge on any atom is -0.481 e. The fraction of sp³-hybridized carbons (Fsp3) is 0.533. The summed E-state index contributed by atoms with van der Waals surface area (Å²) in [5.74, 6) is -0.636. The number of carboxylic acid groups (broad SMARTS) is 1. The molecule has 1 aromatic carbocycles. The number of aliphatic carboxylic acids is 1. The third-order valence-electron chi connectivity index (χ3n) is 3.73. The fourth-order valence-corrected chi connectivity index (χ4v) is 2.86. The van der Waals surface area contributed by atoms with Crippen LogP contribution in [0.15, 0.2) is 18.2 Å². The van der Waals surface area contributed by atoms with Gasteiger partial charge in [-0.1, -0.05) is 19.1 Å². The predicted octanol–water partition coefficient (Wildman–Crippen LogP) is 3.04. The van der Waals surface area contributed by atoms with Gasteiger partial charge in [0.05, 0.1) is 6.42 Å². The molecule has 2 rings (SSSR count). The van der Waals surface area contributed by atoms with Gasteiger partial charge in [0.1, 0.15) is 0 Å². The lowest BCUT2D eigenvalue weighted by Crippen LogP contribution is -2.28. The van der Waals surface area contributed by atoms with Gasteiger partial charge in [0.2, 0.25) is 0 Å². The number of fused-ring (bicyclic) bond motifs is 1. The number of carboxylic acids is 1. The summed E-state index contributed by atoms with van der Waals surface area (Å²) in [5.41, 5.74) is 3.85. The molecule has 0 saturated heterocycles. The molecule has 0 aliphatic carbocycles. The zero-order valence-corrected chi connectivity index (χ0v) is 11.3. The molecule has 1 unspecified atom stereocenters. The van der Waals surface area contributed by atoms with Crippen molar-refractivity contribution in [3.8, 4) is 0 Å². The normalized spacial score (nSPS) is 15.9. The molecule has 1 aliphatic rings. The molecule has 0 amide bonds. The van der Waals surface area contributed by atoms with Gasteiger partial charge in [0.15, 0.2) is 0 Å². The Morgan fingerprint density at radius 3 is 2.72 bits per heavy atom. The molecule has 18 heavy (non-hydrogen) atoms. The highest BCUT2D eigenvalue weighted by Crippen LogP contribution is 2.36. The molecule has 3 heteroatoms. The lowest BCUT2D eigenvalue weighted by atomic mass is 9.92. The Labute approximate surface area is 108 Å². The zero-order valence-electron chi connectivity index (χ0n) is 11.3. The second-order valence-electron chi connectivity index (χ2n) is 5.38. The number of hydrogen-bond donors (Lipinski definition) is 1. The standard InChI is InChI=1S/C15H21NO2/c1-10(2)16-8-7-13-12(5-4-6-14(13)16)11(3)9-15(17)18/h4-6,10-11H,7-9H2,1-3H3,(H,17,18). The van der Waals surface area contributed by atoms with Crippen LogP contribution >= 0.6 is 0 Å². The summed E-state index contributed by atoms with van der Waals surface area (Å²) in [6.45, 7) is 7.44. The van der Waals surface area contributed by atoms with Crippen molar-refractivity contribution in [1.82, 2.24) is 0 Å². The number of benzene rings is 1. The van der Waals surface area contributed by atoms with E-state index in [0.29, 0.717) is 6.04 Å². The molecule has 1 aliphatic heterocycles. The van der Waals surface area contributed by atoms with E-state index in [4.69, 9.17) is 5.11 Å². The van der Waals surface area contributed by atoms with Crippen LogP contribution in [0.3, 0.4) is 0 Å². The van der Waals surface area contributed by atoms with Gasteiger partial charge in [-0.2, -0.15) is 0 Å². The number of carbonyl (C=O) groups is 1. The van der Waals surface area contributed by atoms with E-state index in [1.165, 1.54) is 16.8 Å². The van der Waals surface area contributed by atoms with Gasteiger partial charge in [-0.05, 0) is 43.4 Å². The van der Waals surface area contributed by atoms with Crippen molar-refractivity contribution in [2.24, 2.45) is 0 Å². The Morgan fingerprint density at radius 2 is 2.11 bits per heavy atom. The van der Waals surface area contributed by atoms with E-state index in [1.54, 1.807) is 0 Å². The first kappa shape index (κ1) is 12.9. The highest BCUT2D eigenvalue weighted by atomic mass is 16.4. The first-order valence-electron chi connectivity index (χ1n) is 6.61. The average Bonchev–Trinajstić information content (AvgIpc) is 2.71. The Kier molecular flexibility index (Phi) is 3.60. The summed E-state index contributed by atoms with van der Waals surface area (Å²) in [4.78, 5) is 13.2. The number of hydrogen-bond acceptors (Lipinski definition) is 2. The van der Waals surface area contributed by atoms with E-state index in [1.807, 2.05) is 13.0 Å². The first-order valence-corrected chi connectivity index (χ1v) is 6.61. The van der Waals surface area contributed by atoms with Crippen molar-refractivity contribution in [3.63, 3.8) is 0 Å². The zero-order chi connectivity index (χ0) is 13.3. The van der Waals surface area contributed by atoms with Crippen LogP contribution in [0.2, 0.25) is 0 Å². The van der Waals surface area contributed by atoms with E-state index in [9.17, 15) is 4.79 Å². The second-order valence-corrected chi connectivity index (χ2v) is 5.38. The topological polar surface area (TPSA) is 40.5 Å². The maximum Gasteiger partial charge on any atom is 0.303 e. The highest BCUT2D eigenvalue weighted by Gasteiger charge is 2.25. The molecule has 1 heterocycles. The molecular formula is C15H21NO2. The number of anilines is 1. The Bertz CT molecular complexity index is 454. The molecule has 1 N–H and O–H groups in total. The molecule has 98 valence electrons. The monoisotopic (exact) mass is 247 g/mol. The van der Waals surface area contributed by atoms with Gasteiger partial charge in [-0.15, -0.1) is 0 Å². The summed E-state index contributed by atoms with van der Waals surface area (Å²) >= 11 is 0. The minimum atomic E-state index is -0.723. The van der Waals surface area contributed by atoms with Crippen LogP contribution in [-0.4, -0.2) is 23.7 Å². The highest BCUT2D eigenvalue weighted by molar-refractivity contribution is 5.69. The minimum absolute atomic E-state index is 0.0876. The smallest absolute Gasteiger partial charge is 0.303 e. The summed E-state index contributed by atoms with van der Waals surface area (Å²) in [6.07, 6.45) is 1.24. The third-order valence-corrected chi connectivity index (χ3v) is 3.73. The Morgan fingerprint density at radius 1 is 1.39 bits per heavy atom. The first-order chi connectivity index (χ1) is 8.50. The van der Waals surface area contributed by atoms with Crippen molar-refractivity contribution in [3.05, 3.63) is 29.3 Å². The molecule has 0 fully saturated rings. The molecule has 1 aromatic rings. The van der Waals surface area contributed by atoms with Gasteiger partial charge < -0.3 is 10.0 Å². The van der Waals surface area contributed by atoms with Crippen LogP contribution in [0.1, 0.15) is 44.2 Å². The predicted molar refractivity (Wildman–Crippen MR) is 73.3 cm³/mol. The van der Waals surface area contributed by atoms with Crippen molar-refractivity contribution in [2.45, 2.75) is 45.6 Å². The van der Waals surface area contributed by atoms with Crippen molar-refractivity contribution in [2.75, 3.05) is 11.4 Å². The summed E-state index contributed by atoms with van der Waals surface area (Å²) in [6, 6.07) is 6.78. The molecular weight excluding hydrogens is 226 g/mol. The average molecular weight is 247 g/mol. The van der Waals surface area contributed by atoms with Crippen LogP contribution < -0.4 is 4.90 Å². The third kappa shape index (κ3) is 2.35. The van der Waals surface area contributed by atoms with Crippen molar-refractivity contribution >= 4 is 11.7 Å². The van der Waals surface area contributed by atoms with E-state index in [0.717, 1.165) is 13.0 Å². The fourth-order valence-electron chi connectivity index (χ4n) is 2.86. The Balaban J connectivity index is 2.32. The van der Waals surface area contributed by atoms with Crippen LogP contribution in [-0.2, 0) is 11.2 Å². The Hall–Kier alpha value is -1.51. The van der Waals surface area contributed by atoms with Gasteiger partial charge in [0, 0.05) is 18.3 Å². The second kappa shape index (κ2) is 5.01. The van der Waals surface area contributed by atoms with Crippen LogP contribution in [0, 0.1) is 0 Å². The van der Waals surface area contributed by atoms with E-state index >= 15 is 0 Å². The summed E-state index contributed by atoms with van der Waals surface area (Å²) in [7, 11) is 0. The van der Waals surface area contributed by atoms with Gasteiger partial charge in [-0.25, -0.2) is 0 Å². The van der Waals surface area contributed by atoms with Gasteiger partial charge in [0.25, 0.3) is 0 Å². The lowest BCUT2D eigenvalue weighted by Gasteiger charge is -2.24. The van der Waals surface area contributed by atoms with Crippen molar-refractivity contribution < 1.29 is 9.90 Å². The lowest BCUT2D eigenvalue weighted by molar-refractivity contribution is -0.137. The molecule has 0 spiro atoms. The quantitative estimate of drug-likeness (QED) is 0.889.